The number of ether oxygens (including phenoxy) is 2. The third-order valence-corrected chi connectivity index (χ3v) is 5.49. The van der Waals surface area contributed by atoms with E-state index in [0.717, 1.165) is 44.1 Å². The van der Waals surface area contributed by atoms with Gasteiger partial charge in [-0.05, 0) is 42.7 Å². The molecule has 2 aromatic heterocycles. The second-order valence-electron chi connectivity index (χ2n) is 8.17. The van der Waals surface area contributed by atoms with Crippen LogP contribution < -0.4 is 10.4 Å². The molecule has 3 aromatic rings. The lowest BCUT2D eigenvalue weighted by atomic mass is 10.1. The third kappa shape index (κ3) is 7.93. The van der Waals surface area contributed by atoms with E-state index in [9.17, 15) is 13.6 Å². The molecule has 0 bridgehead atoms. The molecule has 0 aliphatic heterocycles. The van der Waals surface area contributed by atoms with Crippen LogP contribution in [0.4, 0.5) is 8.78 Å². The van der Waals surface area contributed by atoms with E-state index in [4.69, 9.17) is 13.9 Å². The van der Waals surface area contributed by atoms with E-state index in [0.29, 0.717) is 17.9 Å². The molecule has 0 unspecified atom stereocenters. The zero-order chi connectivity index (χ0) is 23.5. The second kappa shape index (κ2) is 13.0. The number of hydrogen-bond acceptors (Lipinski definition) is 5. The molecule has 7 heteroatoms. The topological polar surface area (TPSA) is 61.6 Å². The summed E-state index contributed by atoms with van der Waals surface area (Å²) in [7, 11) is 1.74. The van der Waals surface area contributed by atoms with Gasteiger partial charge in [0, 0.05) is 31.2 Å². The van der Waals surface area contributed by atoms with E-state index in [1.807, 2.05) is 0 Å². The van der Waals surface area contributed by atoms with Crippen molar-refractivity contribution in [2.24, 2.45) is 0 Å². The van der Waals surface area contributed by atoms with Gasteiger partial charge >= 0.3 is 5.63 Å². The van der Waals surface area contributed by atoms with Crippen molar-refractivity contribution in [1.82, 2.24) is 4.98 Å². The highest BCUT2D eigenvalue weighted by molar-refractivity contribution is 5.79. The van der Waals surface area contributed by atoms with Crippen molar-refractivity contribution in [3.05, 3.63) is 58.5 Å². The molecule has 178 valence electrons. The van der Waals surface area contributed by atoms with Gasteiger partial charge in [0.1, 0.15) is 11.6 Å². The average molecular weight is 460 g/mol. The molecular formula is C26H31F2NO4. The van der Waals surface area contributed by atoms with Gasteiger partial charge < -0.3 is 13.9 Å². The van der Waals surface area contributed by atoms with Gasteiger partial charge in [-0.15, -0.1) is 0 Å². The number of pyridine rings is 1. The quantitative estimate of drug-likeness (QED) is 0.252. The molecular weight excluding hydrogens is 428 g/mol. The third-order valence-electron chi connectivity index (χ3n) is 5.49. The molecule has 0 aliphatic carbocycles. The van der Waals surface area contributed by atoms with Crippen LogP contribution in [-0.4, -0.2) is 25.3 Å². The number of hydrogen-bond donors (Lipinski definition) is 0. The van der Waals surface area contributed by atoms with E-state index in [-0.39, 0.29) is 16.8 Å². The summed E-state index contributed by atoms with van der Waals surface area (Å²) in [5, 5.41) is 0.545. The number of rotatable bonds is 14. The van der Waals surface area contributed by atoms with Crippen molar-refractivity contribution in [2.45, 2.75) is 57.8 Å². The Balaban J connectivity index is 1.44. The largest absolute Gasteiger partial charge is 0.478 e. The van der Waals surface area contributed by atoms with Gasteiger partial charge in [-0.1, -0.05) is 44.9 Å². The van der Waals surface area contributed by atoms with Crippen LogP contribution in [0.2, 0.25) is 0 Å². The van der Waals surface area contributed by atoms with Crippen molar-refractivity contribution in [3.8, 4) is 17.0 Å². The first-order valence-corrected chi connectivity index (χ1v) is 11.6. The molecule has 0 N–H and O–H groups in total. The SMILES string of the molecule is COCCCCCCCCCCCOc1ccc2cc(-c3cc(F)cc(F)c3)c(=O)oc2n1. The molecule has 5 nitrogen and oxygen atoms in total. The van der Waals surface area contributed by atoms with Crippen LogP contribution in [-0.2, 0) is 4.74 Å². The lowest BCUT2D eigenvalue weighted by Gasteiger charge is -2.07. The lowest BCUT2D eigenvalue weighted by Crippen LogP contribution is -2.05. The van der Waals surface area contributed by atoms with Crippen LogP contribution in [0.25, 0.3) is 22.2 Å². The highest BCUT2D eigenvalue weighted by Crippen LogP contribution is 2.23. The first kappa shape index (κ1) is 24.8. The van der Waals surface area contributed by atoms with Crippen molar-refractivity contribution >= 4 is 11.1 Å². The van der Waals surface area contributed by atoms with Gasteiger partial charge in [-0.3, -0.25) is 0 Å². The average Bonchev–Trinajstić information content (AvgIpc) is 2.78. The Hall–Kier alpha value is -2.80. The monoisotopic (exact) mass is 459 g/mol. The van der Waals surface area contributed by atoms with Crippen LogP contribution in [0.3, 0.4) is 0 Å². The summed E-state index contributed by atoms with van der Waals surface area (Å²) in [5.41, 5.74) is -0.389. The summed E-state index contributed by atoms with van der Waals surface area (Å²) in [6.07, 6.45) is 10.7. The van der Waals surface area contributed by atoms with Crippen LogP contribution in [0.5, 0.6) is 5.88 Å². The van der Waals surface area contributed by atoms with E-state index < -0.39 is 17.3 Å². The number of nitrogens with zero attached hydrogens (tertiary/aromatic N) is 1. The fourth-order valence-corrected chi connectivity index (χ4v) is 3.74. The van der Waals surface area contributed by atoms with Gasteiger partial charge in [0.05, 0.1) is 12.2 Å². The maximum absolute atomic E-state index is 13.5. The Morgan fingerprint density at radius 1 is 0.818 bits per heavy atom. The maximum atomic E-state index is 13.5. The standard InChI is InChI=1S/C26H31F2NO4/c1-31-13-9-7-5-3-2-4-6-8-10-14-32-24-12-11-19-17-23(26(30)33-25(19)29-24)20-15-21(27)18-22(28)16-20/h11-12,15-18H,2-10,13-14H2,1H3. The molecule has 3 rings (SSSR count). The normalized spacial score (nSPS) is 11.2. The number of benzene rings is 1. The Kier molecular flexibility index (Phi) is 9.81. The second-order valence-corrected chi connectivity index (χ2v) is 8.17. The van der Waals surface area contributed by atoms with Crippen LogP contribution in [0.1, 0.15) is 57.8 Å². The lowest BCUT2D eigenvalue weighted by molar-refractivity contribution is 0.192. The predicted molar refractivity (Wildman–Crippen MR) is 125 cm³/mol. The van der Waals surface area contributed by atoms with E-state index in [2.05, 4.69) is 4.98 Å². The van der Waals surface area contributed by atoms with Crippen molar-refractivity contribution in [1.29, 1.82) is 0 Å². The van der Waals surface area contributed by atoms with Crippen molar-refractivity contribution < 1.29 is 22.7 Å². The first-order chi connectivity index (χ1) is 16.1. The van der Waals surface area contributed by atoms with E-state index >= 15 is 0 Å². The molecule has 0 spiro atoms. The number of aromatic nitrogens is 1. The number of unbranched alkanes of at least 4 members (excludes halogenated alkanes) is 8. The highest BCUT2D eigenvalue weighted by atomic mass is 19.1. The highest BCUT2D eigenvalue weighted by Gasteiger charge is 2.12. The Labute approximate surface area is 192 Å². The molecule has 0 saturated carbocycles. The maximum Gasteiger partial charge on any atom is 0.345 e. The molecule has 1 aromatic carbocycles. The van der Waals surface area contributed by atoms with E-state index in [1.54, 1.807) is 19.2 Å². The summed E-state index contributed by atoms with van der Waals surface area (Å²) in [5.74, 6) is -1.14. The summed E-state index contributed by atoms with van der Waals surface area (Å²) in [6.45, 7) is 1.40. The minimum atomic E-state index is -0.760. The summed E-state index contributed by atoms with van der Waals surface area (Å²) < 4.78 is 43.1. The summed E-state index contributed by atoms with van der Waals surface area (Å²) >= 11 is 0. The zero-order valence-electron chi connectivity index (χ0n) is 19.1. The fourth-order valence-electron chi connectivity index (χ4n) is 3.74. The number of fused-ring (bicyclic) bond motifs is 1. The fraction of sp³-hybridized carbons (Fsp3) is 0.462. The van der Waals surface area contributed by atoms with Gasteiger partial charge in [-0.2, -0.15) is 4.98 Å². The minimum absolute atomic E-state index is 0.0753. The predicted octanol–water partition coefficient (Wildman–Crippen LogP) is 6.67. The van der Waals surface area contributed by atoms with Gasteiger partial charge in [-0.25, -0.2) is 13.6 Å². The Morgan fingerprint density at radius 2 is 1.42 bits per heavy atom. The van der Waals surface area contributed by atoms with Crippen LogP contribution in [0, 0.1) is 11.6 Å². The molecule has 2 heterocycles. The molecule has 0 aliphatic rings. The smallest absolute Gasteiger partial charge is 0.345 e. The first-order valence-electron chi connectivity index (χ1n) is 11.6. The summed E-state index contributed by atoms with van der Waals surface area (Å²) in [4.78, 5) is 16.6. The van der Waals surface area contributed by atoms with Crippen LogP contribution >= 0.6 is 0 Å². The van der Waals surface area contributed by atoms with Gasteiger partial charge in [0.2, 0.25) is 11.6 Å². The number of methoxy groups -OCH3 is 1. The van der Waals surface area contributed by atoms with Crippen molar-refractivity contribution in [2.75, 3.05) is 20.3 Å². The minimum Gasteiger partial charge on any atom is -0.478 e. The van der Waals surface area contributed by atoms with E-state index in [1.165, 1.54) is 44.6 Å². The van der Waals surface area contributed by atoms with Crippen molar-refractivity contribution in [3.63, 3.8) is 0 Å². The Bertz CT molecular complexity index is 1060. The molecule has 0 atom stereocenters. The number of halogens is 2. The molecule has 0 amide bonds. The van der Waals surface area contributed by atoms with Gasteiger partial charge in [0.15, 0.2) is 0 Å². The molecule has 0 radical (unpaired) electrons. The molecule has 0 fully saturated rings. The summed E-state index contributed by atoms with van der Waals surface area (Å²) in [6, 6.07) is 7.87. The molecule has 0 saturated heterocycles. The Morgan fingerprint density at radius 3 is 2.06 bits per heavy atom. The van der Waals surface area contributed by atoms with Gasteiger partial charge in [0.25, 0.3) is 0 Å². The molecule has 33 heavy (non-hydrogen) atoms. The van der Waals surface area contributed by atoms with Crippen LogP contribution in [0.15, 0.2) is 45.6 Å². The zero-order valence-corrected chi connectivity index (χ0v) is 19.1.